The quantitative estimate of drug-likeness (QED) is 0.471. The van der Waals surface area contributed by atoms with Gasteiger partial charge in [-0.05, 0) is 45.9 Å². The van der Waals surface area contributed by atoms with E-state index in [-0.39, 0.29) is 23.2 Å². The van der Waals surface area contributed by atoms with Gasteiger partial charge >= 0.3 is 18.1 Å². The molecule has 0 aliphatic heterocycles. The molecule has 3 aromatic carbocycles. The summed E-state index contributed by atoms with van der Waals surface area (Å²) in [5, 5.41) is 9.34. The molecule has 0 bridgehead atoms. The lowest BCUT2D eigenvalue weighted by Crippen LogP contribution is -2.36. The van der Waals surface area contributed by atoms with E-state index in [0.717, 1.165) is 22.6 Å². The van der Waals surface area contributed by atoms with Crippen LogP contribution in [0.4, 0.5) is 18.9 Å². The zero-order chi connectivity index (χ0) is 24.4. The Morgan fingerprint density at radius 1 is 0.818 bits per heavy atom. The van der Waals surface area contributed by atoms with Crippen LogP contribution in [0, 0.1) is 0 Å². The Hall–Kier alpha value is -3.61. The van der Waals surface area contributed by atoms with Gasteiger partial charge in [-0.25, -0.2) is 4.79 Å². The minimum atomic E-state index is -4.67. The van der Waals surface area contributed by atoms with Gasteiger partial charge < -0.3 is 5.11 Å². The van der Waals surface area contributed by atoms with Gasteiger partial charge in [-0.15, -0.1) is 0 Å². The second-order valence-electron chi connectivity index (χ2n) is 8.78. The van der Waals surface area contributed by atoms with Gasteiger partial charge in [0.25, 0.3) is 0 Å². The van der Waals surface area contributed by atoms with Crippen LogP contribution in [0.3, 0.4) is 0 Å². The summed E-state index contributed by atoms with van der Waals surface area (Å²) in [6, 6.07) is 18.8. The molecule has 0 heterocycles. The summed E-state index contributed by atoms with van der Waals surface area (Å²) in [5.41, 5.74) is 1.15. The Bertz CT molecular complexity index is 1150. The summed E-state index contributed by atoms with van der Waals surface area (Å²) in [7, 11) is 0. The fourth-order valence-corrected chi connectivity index (χ4v) is 3.42. The van der Waals surface area contributed by atoms with Gasteiger partial charge in [-0.1, -0.05) is 75.4 Å². The molecular formula is C26H24F3NO3. The van der Waals surface area contributed by atoms with Gasteiger partial charge in [-0.3, -0.25) is 9.69 Å². The first-order valence-electron chi connectivity index (χ1n) is 10.3. The summed E-state index contributed by atoms with van der Waals surface area (Å²) in [6.07, 6.45) is -4.67. The molecule has 0 fully saturated rings. The van der Waals surface area contributed by atoms with Crippen molar-refractivity contribution in [3.8, 4) is 11.1 Å². The van der Waals surface area contributed by atoms with Crippen LogP contribution in [0.15, 0.2) is 72.8 Å². The highest BCUT2D eigenvalue weighted by Gasteiger charge is 2.33. The van der Waals surface area contributed by atoms with Crippen molar-refractivity contribution >= 4 is 17.6 Å². The molecule has 3 aromatic rings. The lowest BCUT2D eigenvalue weighted by Gasteiger charge is -2.24. The molecule has 0 saturated heterocycles. The number of nitrogens with zero attached hydrogens (tertiary/aromatic N) is 1. The number of alkyl halides is 3. The Balaban J connectivity index is 2.10. The first-order chi connectivity index (χ1) is 15.4. The minimum Gasteiger partial charge on any atom is -0.474 e. The molecule has 0 aliphatic rings. The molecule has 4 nitrogen and oxygen atoms in total. The zero-order valence-corrected chi connectivity index (χ0v) is 18.5. The first-order valence-corrected chi connectivity index (χ1v) is 10.3. The number of carbonyl (C=O) groups excluding carboxylic acids is 1. The van der Waals surface area contributed by atoms with Gasteiger partial charge in [0.1, 0.15) is 0 Å². The monoisotopic (exact) mass is 455 g/mol. The molecule has 0 aliphatic carbocycles. The lowest BCUT2D eigenvalue weighted by molar-refractivity contribution is -0.148. The molecule has 0 saturated carbocycles. The van der Waals surface area contributed by atoms with E-state index in [9.17, 15) is 27.9 Å². The standard InChI is InChI=1S/C26H24F3NO3/c1-25(2,3)20-11-9-17(10-12-20)16-30(23(31)24(32)33)22-14-19(18-7-5-4-6-8-18)13-21(15-22)26(27,28)29/h4-15H,16H2,1-3H3,(H,32,33). The molecule has 0 aromatic heterocycles. The smallest absolute Gasteiger partial charge is 0.416 e. The first kappa shape index (κ1) is 24.0. The van der Waals surface area contributed by atoms with Gasteiger partial charge in [0.2, 0.25) is 0 Å². The van der Waals surface area contributed by atoms with Gasteiger partial charge in [-0.2, -0.15) is 13.2 Å². The summed E-state index contributed by atoms with van der Waals surface area (Å²) >= 11 is 0. The number of hydrogen-bond acceptors (Lipinski definition) is 2. The van der Waals surface area contributed by atoms with Crippen LogP contribution in [-0.4, -0.2) is 17.0 Å². The second-order valence-corrected chi connectivity index (χ2v) is 8.78. The van der Waals surface area contributed by atoms with Crippen LogP contribution in [0.25, 0.3) is 11.1 Å². The lowest BCUT2D eigenvalue weighted by atomic mass is 9.87. The number of anilines is 1. The second kappa shape index (κ2) is 9.10. The molecule has 0 radical (unpaired) electrons. The predicted molar refractivity (Wildman–Crippen MR) is 121 cm³/mol. The molecule has 0 unspecified atom stereocenters. The minimum absolute atomic E-state index is 0.110. The maximum Gasteiger partial charge on any atom is 0.416 e. The fourth-order valence-electron chi connectivity index (χ4n) is 3.42. The van der Waals surface area contributed by atoms with Gasteiger partial charge in [0.05, 0.1) is 12.1 Å². The molecule has 0 atom stereocenters. The molecule has 3 rings (SSSR count). The predicted octanol–water partition coefficient (Wildman–Crippen LogP) is 6.29. The number of carbonyl (C=O) groups is 2. The summed E-state index contributed by atoms with van der Waals surface area (Å²) in [5.74, 6) is -3.06. The molecule has 1 N–H and O–H groups in total. The van der Waals surface area contributed by atoms with E-state index in [1.165, 1.54) is 6.07 Å². The van der Waals surface area contributed by atoms with Gasteiger partial charge in [0, 0.05) is 5.69 Å². The molecule has 0 spiro atoms. The van der Waals surface area contributed by atoms with E-state index in [1.807, 2.05) is 32.9 Å². The average molecular weight is 455 g/mol. The summed E-state index contributed by atoms with van der Waals surface area (Å²) in [4.78, 5) is 24.9. The van der Waals surface area contributed by atoms with Crippen molar-refractivity contribution in [1.82, 2.24) is 0 Å². The van der Waals surface area contributed by atoms with Crippen molar-refractivity contribution in [2.24, 2.45) is 0 Å². The van der Waals surface area contributed by atoms with Crippen LogP contribution in [-0.2, 0) is 27.7 Å². The van der Waals surface area contributed by atoms with E-state index < -0.39 is 23.6 Å². The number of aliphatic carboxylic acids is 1. The van der Waals surface area contributed by atoms with E-state index in [0.29, 0.717) is 11.1 Å². The number of halogens is 3. The number of carboxylic acid groups (broad SMARTS) is 1. The Morgan fingerprint density at radius 3 is 1.94 bits per heavy atom. The Kier molecular flexibility index (Phi) is 6.63. The third kappa shape index (κ3) is 5.80. The summed E-state index contributed by atoms with van der Waals surface area (Å²) < 4.78 is 40.9. The number of rotatable bonds is 4. The highest BCUT2D eigenvalue weighted by Crippen LogP contribution is 2.36. The third-order valence-electron chi connectivity index (χ3n) is 5.25. The normalized spacial score (nSPS) is 11.8. The van der Waals surface area contributed by atoms with Crippen molar-refractivity contribution in [2.45, 2.75) is 38.9 Å². The van der Waals surface area contributed by atoms with Crippen LogP contribution >= 0.6 is 0 Å². The topological polar surface area (TPSA) is 57.6 Å². The molecular weight excluding hydrogens is 431 g/mol. The fraction of sp³-hybridized carbons (Fsp3) is 0.231. The largest absolute Gasteiger partial charge is 0.474 e. The van der Waals surface area contributed by atoms with Crippen molar-refractivity contribution in [3.05, 3.63) is 89.5 Å². The van der Waals surface area contributed by atoms with Crippen molar-refractivity contribution in [2.75, 3.05) is 4.90 Å². The molecule has 7 heteroatoms. The maximum atomic E-state index is 13.6. The highest BCUT2D eigenvalue weighted by atomic mass is 19.4. The maximum absolute atomic E-state index is 13.6. The van der Waals surface area contributed by atoms with Crippen LogP contribution in [0.5, 0.6) is 0 Å². The van der Waals surface area contributed by atoms with E-state index in [2.05, 4.69) is 0 Å². The van der Waals surface area contributed by atoms with E-state index in [4.69, 9.17) is 0 Å². The average Bonchev–Trinajstić information content (AvgIpc) is 2.76. The summed E-state index contributed by atoms with van der Waals surface area (Å²) in [6.45, 7) is 5.92. The molecule has 172 valence electrons. The Labute approximate surface area is 190 Å². The van der Waals surface area contributed by atoms with Crippen molar-refractivity contribution < 1.29 is 27.9 Å². The Morgan fingerprint density at radius 2 is 1.42 bits per heavy atom. The molecule has 33 heavy (non-hydrogen) atoms. The number of hydrogen-bond donors (Lipinski definition) is 1. The van der Waals surface area contributed by atoms with E-state index in [1.54, 1.807) is 42.5 Å². The number of carboxylic acids is 1. The number of benzene rings is 3. The van der Waals surface area contributed by atoms with Gasteiger partial charge in [0.15, 0.2) is 0 Å². The van der Waals surface area contributed by atoms with Crippen LogP contribution in [0.2, 0.25) is 0 Å². The van der Waals surface area contributed by atoms with E-state index >= 15 is 0 Å². The number of amides is 1. The molecule has 1 amide bonds. The third-order valence-corrected chi connectivity index (χ3v) is 5.25. The highest BCUT2D eigenvalue weighted by molar-refractivity contribution is 6.37. The van der Waals surface area contributed by atoms with Crippen molar-refractivity contribution in [3.63, 3.8) is 0 Å². The zero-order valence-electron chi connectivity index (χ0n) is 18.5. The van der Waals surface area contributed by atoms with Crippen LogP contribution < -0.4 is 4.90 Å². The SMILES string of the molecule is CC(C)(C)c1ccc(CN(C(=O)C(=O)O)c2cc(-c3ccccc3)cc(C(F)(F)F)c2)cc1. The van der Waals surface area contributed by atoms with Crippen LogP contribution in [0.1, 0.15) is 37.5 Å². The van der Waals surface area contributed by atoms with Crippen molar-refractivity contribution in [1.29, 1.82) is 0 Å².